The van der Waals surface area contributed by atoms with Crippen LogP contribution in [0.25, 0.3) is 0 Å². The third-order valence-corrected chi connectivity index (χ3v) is 2.79. The molecule has 0 amide bonds. The molecule has 4 heteroatoms. The second-order valence-electron chi connectivity index (χ2n) is 3.23. The van der Waals surface area contributed by atoms with Gasteiger partial charge >= 0.3 is 0 Å². The molecule has 0 spiro atoms. The van der Waals surface area contributed by atoms with Crippen molar-refractivity contribution in [3.8, 4) is 0 Å². The molecule has 0 aromatic rings. The molecule has 0 fully saturated rings. The maximum absolute atomic E-state index is 12.6. The van der Waals surface area contributed by atoms with Crippen LogP contribution in [0, 0.1) is 5.92 Å². The van der Waals surface area contributed by atoms with Crippen molar-refractivity contribution in [1.29, 1.82) is 0 Å². The third kappa shape index (κ3) is 2.29. The van der Waals surface area contributed by atoms with E-state index >= 15 is 0 Å². The molecule has 0 heterocycles. The van der Waals surface area contributed by atoms with Gasteiger partial charge in [0.1, 0.15) is 0 Å². The van der Waals surface area contributed by atoms with Crippen LogP contribution in [0.1, 0.15) is 13.3 Å². The Balaban J connectivity index is 3.02. The summed E-state index contributed by atoms with van der Waals surface area (Å²) in [5, 5.41) is 0.108. The number of carbonyl (C=O) groups excluding carboxylic acids is 1. The van der Waals surface area contributed by atoms with E-state index in [1.54, 1.807) is 19.1 Å². The number of rotatable bonds is 3. The molecular weight excluding hydrogens is 254 g/mol. The molecule has 1 aliphatic carbocycles. The Kier molecular flexibility index (Phi) is 3.98. The van der Waals surface area contributed by atoms with Gasteiger partial charge < -0.3 is 0 Å². The van der Waals surface area contributed by atoms with Crippen LogP contribution in [0.15, 0.2) is 23.3 Å². The van der Waals surface area contributed by atoms with E-state index in [0.29, 0.717) is 5.57 Å². The highest BCUT2D eigenvalue weighted by molar-refractivity contribution is 9.09. The summed E-state index contributed by atoms with van der Waals surface area (Å²) in [4.78, 5) is 11.4. The van der Waals surface area contributed by atoms with Crippen LogP contribution in [0.2, 0.25) is 0 Å². The predicted octanol–water partition coefficient (Wildman–Crippen LogP) is 3.11. The highest BCUT2D eigenvalue weighted by Crippen LogP contribution is 2.31. The van der Waals surface area contributed by atoms with E-state index in [1.165, 1.54) is 0 Å². The van der Waals surface area contributed by atoms with Gasteiger partial charge in [-0.2, -0.15) is 0 Å². The number of hydrogen-bond donors (Lipinski definition) is 0. The summed E-state index contributed by atoms with van der Waals surface area (Å²) in [5.74, 6) is -1.16. The van der Waals surface area contributed by atoms with Crippen LogP contribution in [-0.2, 0) is 4.79 Å². The molecular formula is C10H11BrF2O. The summed E-state index contributed by atoms with van der Waals surface area (Å²) >= 11 is 3.00. The molecule has 0 saturated carbocycles. The van der Waals surface area contributed by atoms with E-state index < -0.39 is 12.3 Å². The summed E-state index contributed by atoms with van der Waals surface area (Å²) in [7, 11) is 0. The molecule has 0 N–H and O–H groups in total. The van der Waals surface area contributed by atoms with Crippen molar-refractivity contribution in [2.45, 2.75) is 19.8 Å². The lowest BCUT2D eigenvalue weighted by atomic mass is 9.85. The lowest BCUT2D eigenvalue weighted by molar-refractivity contribution is -0.114. The first kappa shape index (κ1) is 11.6. The zero-order valence-electron chi connectivity index (χ0n) is 7.77. The van der Waals surface area contributed by atoms with Crippen molar-refractivity contribution < 1.29 is 13.6 Å². The molecule has 1 atom stereocenters. The first-order valence-corrected chi connectivity index (χ1v) is 5.44. The van der Waals surface area contributed by atoms with Gasteiger partial charge in [-0.1, -0.05) is 28.1 Å². The second kappa shape index (κ2) is 4.82. The number of alkyl halides is 3. The minimum Gasteiger partial charge on any atom is -0.294 e. The van der Waals surface area contributed by atoms with E-state index in [4.69, 9.17) is 0 Å². The average molecular weight is 265 g/mol. The molecule has 0 aromatic carbocycles. The van der Waals surface area contributed by atoms with Crippen molar-refractivity contribution in [1.82, 2.24) is 0 Å². The van der Waals surface area contributed by atoms with Crippen molar-refractivity contribution in [3.63, 3.8) is 0 Å². The summed E-state index contributed by atoms with van der Waals surface area (Å²) in [5.41, 5.74) is 0.936. The number of carbonyl (C=O) groups is 1. The fourth-order valence-corrected chi connectivity index (χ4v) is 1.92. The Hall–Kier alpha value is -0.510. The number of halogens is 3. The highest BCUT2D eigenvalue weighted by atomic mass is 79.9. The normalized spacial score (nSPS) is 21.9. The average Bonchev–Trinajstić information content (AvgIpc) is 2.16. The smallest absolute Gasteiger partial charge is 0.245 e. The summed E-state index contributed by atoms with van der Waals surface area (Å²) < 4.78 is 25.2. The number of hydrogen-bond acceptors (Lipinski definition) is 1. The zero-order valence-corrected chi connectivity index (χ0v) is 9.35. The first-order valence-electron chi connectivity index (χ1n) is 4.32. The monoisotopic (exact) mass is 264 g/mol. The van der Waals surface area contributed by atoms with Gasteiger partial charge in [-0.25, -0.2) is 8.78 Å². The topological polar surface area (TPSA) is 17.1 Å². The molecule has 1 aliphatic rings. The summed E-state index contributed by atoms with van der Waals surface area (Å²) in [6.45, 7) is 1.70. The lowest BCUT2D eigenvalue weighted by Gasteiger charge is -2.21. The third-order valence-electron chi connectivity index (χ3n) is 2.28. The van der Waals surface area contributed by atoms with Gasteiger partial charge in [0.25, 0.3) is 0 Å². The van der Waals surface area contributed by atoms with E-state index in [2.05, 4.69) is 15.9 Å². The largest absolute Gasteiger partial charge is 0.294 e. The molecule has 0 bridgehead atoms. The number of allylic oxidation sites excluding steroid dienone is 4. The first-order chi connectivity index (χ1) is 6.57. The zero-order chi connectivity index (χ0) is 10.7. The van der Waals surface area contributed by atoms with Gasteiger partial charge in [0.05, 0.1) is 11.2 Å². The Bertz CT molecular complexity index is 294. The van der Waals surface area contributed by atoms with Gasteiger partial charge in [-0.15, -0.1) is 0 Å². The number of Topliss-reactive ketones (excluding diaryl/α,β-unsaturated/α-hetero) is 1. The molecule has 0 aromatic heterocycles. The Morgan fingerprint density at radius 1 is 1.71 bits per heavy atom. The van der Waals surface area contributed by atoms with Crippen molar-refractivity contribution >= 4 is 21.7 Å². The van der Waals surface area contributed by atoms with Crippen LogP contribution >= 0.6 is 15.9 Å². The molecule has 78 valence electrons. The quantitative estimate of drug-likeness (QED) is 0.716. The van der Waals surface area contributed by atoms with Gasteiger partial charge in [-0.3, -0.25) is 4.79 Å². The highest BCUT2D eigenvalue weighted by Gasteiger charge is 2.30. The van der Waals surface area contributed by atoms with Crippen molar-refractivity contribution in [2.24, 2.45) is 5.92 Å². The molecule has 14 heavy (non-hydrogen) atoms. The minimum absolute atomic E-state index is 0.108. The minimum atomic E-state index is -2.46. The fourth-order valence-electron chi connectivity index (χ4n) is 1.62. The Labute approximate surface area is 90.0 Å². The molecule has 0 saturated heterocycles. The van der Waals surface area contributed by atoms with Crippen LogP contribution in [0.5, 0.6) is 0 Å². The van der Waals surface area contributed by atoms with E-state index in [0.717, 1.165) is 0 Å². The maximum Gasteiger partial charge on any atom is 0.245 e. The van der Waals surface area contributed by atoms with E-state index in [1.807, 2.05) is 0 Å². The predicted molar refractivity (Wildman–Crippen MR) is 54.8 cm³/mol. The van der Waals surface area contributed by atoms with Crippen LogP contribution in [-0.4, -0.2) is 17.5 Å². The standard InChI is InChI=1S/C10H11BrF2O/c1-6-3-2-4-7(10(12)13)9(6)8(14)5-11/h2-3,7,10H,4-5H2,1H3. The Morgan fingerprint density at radius 2 is 2.36 bits per heavy atom. The fraction of sp³-hybridized carbons (Fsp3) is 0.500. The van der Waals surface area contributed by atoms with Crippen LogP contribution in [0.3, 0.4) is 0 Å². The van der Waals surface area contributed by atoms with E-state index in [9.17, 15) is 13.6 Å². The van der Waals surface area contributed by atoms with Gasteiger partial charge in [-0.05, 0) is 18.9 Å². The lowest BCUT2D eigenvalue weighted by Crippen LogP contribution is -2.23. The number of ketones is 1. The maximum atomic E-state index is 12.6. The molecule has 1 rings (SSSR count). The summed E-state index contributed by atoms with van der Waals surface area (Å²) in [6.07, 6.45) is 1.21. The summed E-state index contributed by atoms with van der Waals surface area (Å²) in [6, 6.07) is 0. The van der Waals surface area contributed by atoms with Crippen LogP contribution < -0.4 is 0 Å². The molecule has 1 nitrogen and oxygen atoms in total. The Morgan fingerprint density at radius 3 is 2.86 bits per heavy atom. The van der Waals surface area contributed by atoms with Gasteiger partial charge in [0.2, 0.25) is 6.43 Å². The van der Waals surface area contributed by atoms with E-state index in [-0.39, 0.29) is 23.1 Å². The van der Waals surface area contributed by atoms with Crippen molar-refractivity contribution in [3.05, 3.63) is 23.3 Å². The SMILES string of the molecule is CC1=C(C(=O)CBr)C(C(F)F)CC=C1. The molecule has 0 aliphatic heterocycles. The van der Waals surface area contributed by atoms with Crippen molar-refractivity contribution in [2.75, 3.05) is 5.33 Å². The van der Waals surface area contributed by atoms with Crippen LogP contribution in [0.4, 0.5) is 8.78 Å². The van der Waals surface area contributed by atoms with Gasteiger partial charge in [0.15, 0.2) is 5.78 Å². The van der Waals surface area contributed by atoms with Gasteiger partial charge in [0, 0.05) is 5.57 Å². The molecule has 0 radical (unpaired) electrons. The second-order valence-corrected chi connectivity index (χ2v) is 3.79. The molecule has 1 unspecified atom stereocenters.